The summed E-state index contributed by atoms with van der Waals surface area (Å²) in [6.45, 7) is 15.1. The summed E-state index contributed by atoms with van der Waals surface area (Å²) < 4.78 is 0. The van der Waals surface area contributed by atoms with Crippen LogP contribution in [-0.2, 0) is 18.3 Å². The molecule has 4 rings (SSSR count). The van der Waals surface area contributed by atoms with E-state index in [1.165, 1.54) is 0 Å². The Balaban J connectivity index is 1.85. The third kappa shape index (κ3) is 6.38. The molecule has 1 saturated carbocycles. The first-order valence-electron chi connectivity index (χ1n) is 15.1. The van der Waals surface area contributed by atoms with Crippen molar-refractivity contribution in [1.29, 1.82) is 10.7 Å². The van der Waals surface area contributed by atoms with Gasteiger partial charge in [0, 0.05) is 49.2 Å². The number of benzene rings is 2. The van der Waals surface area contributed by atoms with Gasteiger partial charge in [0.05, 0.1) is 11.5 Å². The van der Waals surface area contributed by atoms with Crippen LogP contribution < -0.4 is 21.8 Å². The Morgan fingerprint density at radius 3 is 2.25 bits per heavy atom. The Kier molecular flexibility index (Phi) is 9.59. The molecule has 10 heteroatoms. The van der Waals surface area contributed by atoms with Crippen molar-refractivity contribution in [2.45, 2.75) is 75.9 Å². The van der Waals surface area contributed by atoms with Gasteiger partial charge in [-0.25, -0.2) is 0 Å². The number of nitrogens with one attached hydrogen (secondary N) is 4. The molecule has 2 aromatic rings. The molecule has 2 atom stereocenters. The standard InChI is InChI=1S/C34H45N9O/c1-21(18-35)43(28-12-13-28)22(2)19-40-33(4,5)20-34(32(36)41-42-37)29-14-10-24(23(3)38-6)16-25(29)8-9-26-17-27(31(44)39-7)11-15-30(26)34/h10-11,14-17,21,28,38,40H,2-3,8-9,12-13,19-20H2,1,4-7H3,(H,39,44)(H3,36,37,41). The Labute approximate surface area is 261 Å². The molecule has 1 fully saturated rings. The molecule has 10 nitrogen and oxygen atoms in total. The maximum Gasteiger partial charge on any atom is 0.251 e. The van der Waals surface area contributed by atoms with Gasteiger partial charge in [-0.3, -0.25) is 10.2 Å². The zero-order valence-electron chi connectivity index (χ0n) is 26.6. The van der Waals surface area contributed by atoms with Gasteiger partial charge in [-0.15, -0.1) is 5.11 Å². The predicted octanol–water partition coefficient (Wildman–Crippen LogP) is 4.57. The third-order valence-corrected chi connectivity index (χ3v) is 8.88. The number of amides is 1. The van der Waals surface area contributed by atoms with Gasteiger partial charge in [-0.1, -0.05) is 36.6 Å². The molecule has 0 heterocycles. The van der Waals surface area contributed by atoms with E-state index in [-0.39, 0.29) is 17.8 Å². The van der Waals surface area contributed by atoms with E-state index in [4.69, 9.17) is 5.84 Å². The highest BCUT2D eigenvalue weighted by Crippen LogP contribution is 2.47. The molecule has 0 aliphatic heterocycles. The average Bonchev–Trinajstić information content (AvgIpc) is 3.86. The van der Waals surface area contributed by atoms with Gasteiger partial charge in [0.25, 0.3) is 5.91 Å². The van der Waals surface area contributed by atoms with Gasteiger partial charge in [0.15, 0.2) is 5.84 Å². The van der Waals surface area contributed by atoms with Crippen LogP contribution in [0, 0.1) is 16.7 Å². The molecule has 2 unspecified atom stereocenters. The molecule has 6 N–H and O–H groups in total. The van der Waals surface area contributed by atoms with Gasteiger partial charge < -0.3 is 26.7 Å². The van der Waals surface area contributed by atoms with Crippen molar-refractivity contribution in [1.82, 2.24) is 20.9 Å². The maximum absolute atomic E-state index is 12.6. The molecule has 0 aromatic heterocycles. The first-order chi connectivity index (χ1) is 20.9. The second-order valence-corrected chi connectivity index (χ2v) is 12.4. The minimum absolute atomic E-state index is 0.0173. The number of carbonyl (C=O) groups excluding carboxylic acids is 1. The van der Waals surface area contributed by atoms with Crippen molar-refractivity contribution < 1.29 is 4.79 Å². The van der Waals surface area contributed by atoms with Crippen LogP contribution in [0.1, 0.15) is 78.2 Å². The summed E-state index contributed by atoms with van der Waals surface area (Å²) in [5.74, 6) is 5.44. The molecular formula is C34H45N9O. The summed E-state index contributed by atoms with van der Waals surface area (Å²) in [4.78, 5) is 14.8. The lowest BCUT2D eigenvalue weighted by Gasteiger charge is -2.42. The molecule has 0 bridgehead atoms. The van der Waals surface area contributed by atoms with Crippen molar-refractivity contribution in [3.05, 3.63) is 88.6 Å². The lowest BCUT2D eigenvalue weighted by molar-refractivity contribution is 0.0963. The van der Waals surface area contributed by atoms with Crippen molar-refractivity contribution >= 4 is 17.4 Å². The largest absolute Gasteiger partial charge is 0.388 e. The van der Waals surface area contributed by atoms with Crippen LogP contribution in [-0.4, -0.2) is 54.9 Å². The molecule has 2 aromatic carbocycles. The topological polar surface area (TPSA) is 155 Å². The summed E-state index contributed by atoms with van der Waals surface area (Å²) in [7, 11) is 3.46. The van der Waals surface area contributed by atoms with Crippen LogP contribution in [0.5, 0.6) is 0 Å². The lowest BCUT2D eigenvalue weighted by Crippen LogP contribution is -2.51. The first kappa shape index (κ1) is 32.4. The summed E-state index contributed by atoms with van der Waals surface area (Å²) in [6, 6.07) is 14.3. The highest BCUT2D eigenvalue weighted by molar-refractivity contribution is 5.98. The number of nitriles is 1. The fraction of sp³-hybridized carbons (Fsp3) is 0.441. The van der Waals surface area contributed by atoms with Crippen LogP contribution in [0.15, 0.2) is 65.6 Å². The Bertz CT molecular complexity index is 1460. The number of carbonyl (C=O) groups is 1. The van der Waals surface area contributed by atoms with E-state index in [1.807, 2.05) is 32.2 Å². The smallest absolute Gasteiger partial charge is 0.251 e. The minimum atomic E-state index is -1.04. The molecule has 44 heavy (non-hydrogen) atoms. The van der Waals surface area contributed by atoms with Crippen LogP contribution >= 0.6 is 0 Å². The number of hydrogen-bond donors (Lipinski definition) is 5. The SMILES string of the molecule is C=C(NC)c1ccc2c(c1)CCc1cc(C(=O)NC)ccc1C2(CC(C)(C)NCC(=C)N(C(C)C#N)C1CC1)C(=N)N=NN. The van der Waals surface area contributed by atoms with Gasteiger partial charge in [-0.05, 0) is 98.9 Å². The predicted molar refractivity (Wildman–Crippen MR) is 175 cm³/mol. The molecule has 0 spiro atoms. The summed E-state index contributed by atoms with van der Waals surface area (Å²) in [5, 5.41) is 36.3. The Hall–Kier alpha value is -4.49. The monoisotopic (exact) mass is 595 g/mol. The molecule has 0 radical (unpaired) electrons. The van der Waals surface area contributed by atoms with E-state index in [2.05, 4.69) is 76.4 Å². The summed E-state index contributed by atoms with van der Waals surface area (Å²) in [6.07, 6.45) is 3.93. The number of fused-ring (bicyclic) bond motifs is 2. The van der Waals surface area contributed by atoms with Crippen molar-refractivity contribution in [3.8, 4) is 6.07 Å². The highest BCUT2D eigenvalue weighted by Gasteiger charge is 2.47. The van der Waals surface area contributed by atoms with Crippen LogP contribution in [0.25, 0.3) is 5.70 Å². The second-order valence-electron chi connectivity index (χ2n) is 12.4. The first-order valence-corrected chi connectivity index (χ1v) is 15.1. The normalized spacial score (nSPS) is 18.3. The van der Waals surface area contributed by atoms with E-state index in [0.717, 1.165) is 52.1 Å². The fourth-order valence-corrected chi connectivity index (χ4v) is 6.56. The summed E-state index contributed by atoms with van der Waals surface area (Å²) >= 11 is 0. The van der Waals surface area contributed by atoms with Gasteiger partial charge in [0.1, 0.15) is 6.04 Å². The van der Waals surface area contributed by atoms with Crippen molar-refractivity contribution in [2.75, 3.05) is 20.6 Å². The van der Waals surface area contributed by atoms with Crippen molar-refractivity contribution in [2.24, 2.45) is 16.2 Å². The maximum atomic E-state index is 12.6. The van der Waals surface area contributed by atoms with Gasteiger partial charge in [-0.2, -0.15) is 5.26 Å². The van der Waals surface area contributed by atoms with Crippen molar-refractivity contribution in [3.63, 3.8) is 0 Å². The number of nitrogens with zero attached hydrogens (tertiary/aromatic N) is 4. The fourth-order valence-electron chi connectivity index (χ4n) is 6.56. The number of aryl methyl sites for hydroxylation is 2. The van der Waals surface area contributed by atoms with E-state index in [0.29, 0.717) is 37.4 Å². The summed E-state index contributed by atoms with van der Waals surface area (Å²) in [5.41, 5.74) is 5.47. The Morgan fingerprint density at radius 2 is 1.73 bits per heavy atom. The van der Waals surface area contributed by atoms with Crippen LogP contribution in [0.2, 0.25) is 0 Å². The zero-order valence-corrected chi connectivity index (χ0v) is 26.6. The molecule has 232 valence electrons. The lowest BCUT2D eigenvalue weighted by atomic mass is 9.65. The van der Waals surface area contributed by atoms with E-state index in [9.17, 15) is 15.5 Å². The molecule has 2 aliphatic rings. The van der Waals surface area contributed by atoms with Crippen LogP contribution in [0.3, 0.4) is 0 Å². The third-order valence-electron chi connectivity index (χ3n) is 8.88. The number of nitrogens with two attached hydrogens (primary N) is 1. The van der Waals surface area contributed by atoms with E-state index >= 15 is 0 Å². The quantitative estimate of drug-likeness (QED) is 0.0796. The van der Waals surface area contributed by atoms with E-state index < -0.39 is 11.0 Å². The molecule has 1 amide bonds. The number of amidine groups is 1. The van der Waals surface area contributed by atoms with Gasteiger partial charge >= 0.3 is 0 Å². The number of rotatable bonds is 12. The molecule has 0 saturated heterocycles. The molecule has 2 aliphatic carbocycles. The zero-order chi connectivity index (χ0) is 32.2. The second kappa shape index (κ2) is 13.0. The Morgan fingerprint density at radius 1 is 1.14 bits per heavy atom. The minimum Gasteiger partial charge on any atom is -0.388 e. The van der Waals surface area contributed by atoms with Crippen LogP contribution in [0.4, 0.5) is 0 Å². The average molecular weight is 596 g/mol. The highest BCUT2D eigenvalue weighted by atomic mass is 16.1. The number of hydrogen-bond acceptors (Lipinski definition) is 7. The molecular weight excluding hydrogens is 550 g/mol. The van der Waals surface area contributed by atoms with Gasteiger partial charge in [0.2, 0.25) is 0 Å². The van der Waals surface area contributed by atoms with E-state index in [1.54, 1.807) is 13.1 Å².